The highest BCUT2D eigenvalue weighted by molar-refractivity contribution is 14.0. The van der Waals surface area contributed by atoms with E-state index in [-0.39, 0.29) is 24.0 Å². The third-order valence-electron chi connectivity index (χ3n) is 4.32. The predicted molar refractivity (Wildman–Crippen MR) is 125 cm³/mol. The number of halogens is 1. The van der Waals surface area contributed by atoms with Crippen molar-refractivity contribution in [1.82, 2.24) is 19.8 Å². The molecule has 0 radical (unpaired) electrons. The van der Waals surface area contributed by atoms with Crippen LogP contribution >= 0.6 is 35.7 Å². The van der Waals surface area contributed by atoms with E-state index in [1.54, 1.807) is 35.2 Å². The first-order chi connectivity index (χ1) is 12.5. The number of guanidine groups is 1. The zero-order valence-electron chi connectivity index (χ0n) is 16.1. The van der Waals surface area contributed by atoms with E-state index in [0.29, 0.717) is 30.5 Å². The third-order valence-corrected chi connectivity index (χ3v) is 6.93. The van der Waals surface area contributed by atoms with Gasteiger partial charge in [-0.2, -0.15) is 16.1 Å². The van der Waals surface area contributed by atoms with Gasteiger partial charge in [-0.25, -0.2) is 8.42 Å². The fourth-order valence-electron chi connectivity index (χ4n) is 2.74. The standard InChI is InChI=1S/C17H29N5O2S2.HI/c1-18-17(19-8-13-25-3)20-14-15-6-4-5-7-16(15)26(23,24)22-11-9-21(2)10-12-22;/h4-7H,8-14H2,1-3H3,(H2,18,19,20);1H. The molecule has 27 heavy (non-hydrogen) atoms. The van der Waals surface area contributed by atoms with Crippen molar-refractivity contribution in [2.45, 2.75) is 11.4 Å². The molecule has 0 saturated carbocycles. The van der Waals surface area contributed by atoms with Gasteiger partial charge in [-0.3, -0.25) is 4.99 Å². The summed E-state index contributed by atoms with van der Waals surface area (Å²) in [4.78, 5) is 6.70. The van der Waals surface area contributed by atoms with Gasteiger partial charge in [0.15, 0.2) is 5.96 Å². The molecule has 2 N–H and O–H groups in total. The van der Waals surface area contributed by atoms with E-state index in [0.717, 1.165) is 31.0 Å². The van der Waals surface area contributed by atoms with Crippen molar-refractivity contribution in [3.63, 3.8) is 0 Å². The SMILES string of the molecule is CN=C(NCCSC)NCc1ccccc1S(=O)(=O)N1CCN(C)CC1.I. The van der Waals surface area contributed by atoms with Crippen LogP contribution in [0.3, 0.4) is 0 Å². The Balaban J connectivity index is 0.00000364. The summed E-state index contributed by atoms with van der Waals surface area (Å²) < 4.78 is 27.7. The highest BCUT2D eigenvalue weighted by Gasteiger charge is 2.29. The van der Waals surface area contributed by atoms with E-state index >= 15 is 0 Å². The van der Waals surface area contributed by atoms with E-state index < -0.39 is 10.0 Å². The average Bonchev–Trinajstić information content (AvgIpc) is 2.65. The Morgan fingerprint density at radius 1 is 1.19 bits per heavy atom. The first-order valence-corrected chi connectivity index (χ1v) is 11.5. The number of hydrogen-bond donors (Lipinski definition) is 2. The maximum absolute atomic E-state index is 13.1. The van der Waals surface area contributed by atoms with Gasteiger partial charge in [0.1, 0.15) is 0 Å². The molecule has 1 aliphatic heterocycles. The van der Waals surface area contributed by atoms with Gasteiger partial charge in [-0.1, -0.05) is 18.2 Å². The van der Waals surface area contributed by atoms with Crippen LogP contribution in [0.25, 0.3) is 0 Å². The topological polar surface area (TPSA) is 77.0 Å². The second-order valence-corrected chi connectivity index (χ2v) is 9.05. The lowest BCUT2D eigenvalue weighted by Crippen LogP contribution is -2.47. The van der Waals surface area contributed by atoms with Crippen LogP contribution in [0, 0.1) is 0 Å². The molecular formula is C17H30IN5O2S2. The van der Waals surface area contributed by atoms with Crippen LogP contribution < -0.4 is 10.6 Å². The highest BCUT2D eigenvalue weighted by atomic mass is 127. The zero-order chi connectivity index (χ0) is 19.0. The zero-order valence-corrected chi connectivity index (χ0v) is 20.1. The summed E-state index contributed by atoms with van der Waals surface area (Å²) in [6, 6.07) is 7.18. The summed E-state index contributed by atoms with van der Waals surface area (Å²) in [7, 11) is 0.232. The van der Waals surface area contributed by atoms with Crippen molar-refractivity contribution < 1.29 is 8.42 Å². The van der Waals surface area contributed by atoms with Gasteiger partial charge < -0.3 is 15.5 Å². The Kier molecular flexibility index (Phi) is 11.0. The normalized spacial score (nSPS) is 16.6. The number of hydrogen-bond acceptors (Lipinski definition) is 5. The first kappa shape index (κ1) is 24.5. The second kappa shape index (κ2) is 12.1. The van der Waals surface area contributed by atoms with Gasteiger partial charge in [-0.15, -0.1) is 24.0 Å². The molecule has 0 bridgehead atoms. The summed E-state index contributed by atoms with van der Waals surface area (Å²) >= 11 is 1.76. The lowest BCUT2D eigenvalue weighted by molar-refractivity contribution is 0.222. The Hall–Kier alpha value is -0.560. The van der Waals surface area contributed by atoms with Crippen molar-refractivity contribution in [3.8, 4) is 0 Å². The number of nitrogens with one attached hydrogen (secondary N) is 2. The lowest BCUT2D eigenvalue weighted by Gasteiger charge is -2.32. The Morgan fingerprint density at radius 2 is 1.85 bits per heavy atom. The van der Waals surface area contributed by atoms with Gasteiger partial charge in [0.2, 0.25) is 10.0 Å². The fourth-order valence-corrected chi connectivity index (χ4v) is 4.69. The Labute approximate surface area is 184 Å². The number of sulfonamides is 1. The summed E-state index contributed by atoms with van der Waals surface area (Å²) in [6.45, 7) is 3.78. The minimum atomic E-state index is -3.49. The van der Waals surface area contributed by atoms with Crippen LogP contribution in [-0.2, 0) is 16.6 Å². The van der Waals surface area contributed by atoms with E-state index in [9.17, 15) is 8.42 Å². The fraction of sp³-hybridized carbons (Fsp3) is 0.588. The maximum Gasteiger partial charge on any atom is 0.243 e. The summed E-state index contributed by atoms with van der Waals surface area (Å²) in [5, 5.41) is 6.43. The number of thioether (sulfide) groups is 1. The Bertz CT molecular complexity index is 707. The van der Waals surface area contributed by atoms with Gasteiger partial charge in [0.05, 0.1) is 4.90 Å². The molecule has 0 unspecified atom stereocenters. The van der Waals surface area contributed by atoms with Crippen LogP contribution in [0.1, 0.15) is 5.56 Å². The molecule has 0 aromatic heterocycles. The van der Waals surface area contributed by atoms with Crippen LogP contribution in [0.15, 0.2) is 34.2 Å². The van der Waals surface area contributed by atoms with Crippen molar-refractivity contribution in [2.24, 2.45) is 4.99 Å². The van der Waals surface area contributed by atoms with Crippen LogP contribution in [-0.4, -0.2) is 82.4 Å². The van der Waals surface area contributed by atoms with Gasteiger partial charge in [0.25, 0.3) is 0 Å². The van der Waals surface area contributed by atoms with Crippen molar-refractivity contribution in [3.05, 3.63) is 29.8 Å². The number of likely N-dealkylation sites (N-methyl/N-ethyl adjacent to an activating group) is 1. The quantitative estimate of drug-likeness (QED) is 0.241. The molecule has 10 heteroatoms. The van der Waals surface area contributed by atoms with E-state index in [1.165, 1.54) is 0 Å². The van der Waals surface area contributed by atoms with Crippen molar-refractivity contribution in [2.75, 3.05) is 58.8 Å². The highest BCUT2D eigenvalue weighted by Crippen LogP contribution is 2.21. The third kappa shape index (κ3) is 7.08. The molecule has 1 fully saturated rings. The summed E-state index contributed by atoms with van der Waals surface area (Å²) in [5.41, 5.74) is 0.749. The Morgan fingerprint density at radius 3 is 2.48 bits per heavy atom. The molecule has 0 aliphatic carbocycles. The summed E-state index contributed by atoms with van der Waals surface area (Å²) in [5.74, 6) is 1.65. The van der Waals surface area contributed by atoms with E-state index in [4.69, 9.17) is 0 Å². The average molecular weight is 527 g/mol. The van der Waals surface area contributed by atoms with Crippen molar-refractivity contribution in [1.29, 1.82) is 0 Å². The molecule has 1 aliphatic rings. The monoisotopic (exact) mass is 527 g/mol. The number of piperazine rings is 1. The number of benzene rings is 1. The van der Waals surface area contributed by atoms with Crippen molar-refractivity contribution >= 4 is 51.7 Å². The maximum atomic E-state index is 13.1. The largest absolute Gasteiger partial charge is 0.356 e. The smallest absolute Gasteiger partial charge is 0.243 e. The van der Waals surface area contributed by atoms with Gasteiger partial charge in [-0.05, 0) is 24.9 Å². The number of aliphatic imine (C=N–C) groups is 1. The van der Waals surface area contributed by atoms with Crippen LogP contribution in [0.2, 0.25) is 0 Å². The molecule has 1 aromatic carbocycles. The molecule has 1 heterocycles. The molecule has 1 aromatic rings. The van der Waals surface area contributed by atoms with E-state index in [2.05, 4.69) is 26.8 Å². The van der Waals surface area contributed by atoms with Gasteiger partial charge >= 0.3 is 0 Å². The van der Waals surface area contributed by atoms with Crippen LogP contribution in [0.5, 0.6) is 0 Å². The van der Waals surface area contributed by atoms with E-state index in [1.807, 2.05) is 19.2 Å². The lowest BCUT2D eigenvalue weighted by atomic mass is 10.2. The first-order valence-electron chi connectivity index (χ1n) is 8.69. The number of nitrogens with zero attached hydrogens (tertiary/aromatic N) is 3. The molecule has 154 valence electrons. The number of rotatable bonds is 7. The molecule has 7 nitrogen and oxygen atoms in total. The molecular weight excluding hydrogens is 497 g/mol. The van der Waals surface area contributed by atoms with Crippen LogP contribution in [0.4, 0.5) is 0 Å². The minimum Gasteiger partial charge on any atom is -0.356 e. The molecule has 0 amide bonds. The molecule has 1 saturated heterocycles. The predicted octanol–water partition coefficient (Wildman–Crippen LogP) is 1.27. The summed E-state index contributed by atoms with van der Waals surface area (Å²) in [6.07, 6.45) is 2.05. The molecule has 0 atom stereocenters. The second-order valence-electron chi connectivity index (χ2n) is 6.16. The van der Waals surface area contributed by atoms with Gasteiger partial charge in [0, 0.05) is 52.1 Å². The minimum absolute atomic E-state index is 0. The molecule has 2 rings (SSSR count). The molecule has 0 spiro atoms.